The highest BCUT2D eigenvalue weighted by molar-refractivity contribution is 6.32. The molecule has 2 rings (SSSR count). The Hall–Kier alpha value is -3.57. The third-order valence-corrected chi connectivity index (χ3v) is 3.67. The van der Waals surface area contributed by atoms with Crippen LogP contribution in [0.4, 0.5) is 10.1 Å². The van der Waals surface area contributed by atoms with E-state index in [2.05, 4.69) is 5.32 Å². The van der Waals surface area contributed by atoms with Crippen molar-refractivity contribution in [3.63, 3.8) is 0 Å². The Morgan fingerprint density at radius 1 is 1.32 bits per heavy atom. The van der Waals surface area contributed by atoms with Gasteiger partial charge in [0.1, 0.15) is 17.5 Å². The van der Waals surface area contributed by atoms with Crippen molar-refractivity contribution in [1.29, 1.82) is 5.26 Å². The first-order chi connectivity index (χ1) is 13.3. The van der Waals surface area contributed by atoms with Crippen molar-refractivity contribution < 1.29 is 23.5 Å². The van der Waals surface area contributed by atoms with E-state index in [9.17, 15) is 19.2 Å². The molecule has 9 heteroatoms. The molecule has 0 aliphatic carbocycles. The van der Waals surface area contributed by atoms with Crippen LogP contribution in [0.3, 0.4) is 0 Å². The lowest BCUT2D eigenvalue weighted by Crippen LogP contribution is -2.20. The molecule has 0 saturated carbocycles. The molecule has 0 saturated heterocycles. The van der Waals surface area contributed by atoms with Crippen LogP contribution in [0.25, 0.3) is 6.08 Å². The van der Waals surface area contributed by atoms with Gasteiger partial charge in [-0.1, -0.05) is 11.6 Å². The quantitative estimate of drug-likeness (QED) is 0.545. The highest BCUT2D eigenvalue weighted by atomic mass is 35.5. The van der Waals surface area contributed by atoms with Crippen LogP contribution in [0.1, 0.15) is 5.56 Å². The topological polar surface area (TPSA) is 114 Å². The molecule has 3 N–H and O–H groups in total. The van der Waals surface area contributed by atoms with E-state index in [1.54, 1.807) is 6.07 Å². The number of carbonyl (C=O) groups is 2. The van der Waals surface area contributed by atoms with Gasteiger partial charge in [0.05, 0.1) is 12.1 Å². The third-order valence-electron chi connectivity index (χ3n) is 3.39. The fourth-order valence-corrected chi connectivity index (χ4v) is 2.43. The minimum atomic E-state index is -0.689. The Balaban J connectivity index is 2.28. The van der Waals surface area contributed by atoms with E-state index in [-0.39, 0.29) is 22.1 Å². The zero-order chi connectivity index (χ0) is 20.7. The smallest absolute Gasteiger partial charge is 0.266 e. The van der Waals surface area contributed by atoms with Gasteiger partial charge in [-0.3, -0.25) is 9.59 Å². The van der Waals surface area contributed by atoms with Crippen LogP contribution in [0.5, 0.6) is 11.5 Å². The summed E-state index contributed by atoms with van der Waals surface area (Å²) in [6.45, 7) is -0.394. The number of hydrogen-bond donors (Lipinski definition) is 2. The molecule has 0 heterocycles. The molecular formula is C19H15ClFN3O4. The molecule has 0 aromatic heterocycles. The molecule has 0 aliphatic rings. The summed E-state index contributed by atoms with van der Waals surface area (Å²) in [6.07, 6.45) is 1.30. The number of nitriles is 1. The molecule has 0 spiro atoms. The highest BCUT2D eigenvalue weighted by Crippen LogP contribution is 2.37. The predicted molar refractivity (Wildman–Crippen MR) is 101 cm³/mol. The Morgan fingerprint density at radius 2 is 2.00 bits per heavy atom. The maximum atomic E-state index is 12.9. The van der Waals surface area contributed by atoms with Gasteiger partial charge in [-0.05, 0) is 48.0 Å². The van der Waals surface area contributed by atoms with Gasteiger partial charge in [0.25, 0.3) is 11.8 Å². The molecule has 144 valence electrons. The number of nitrogens with one attached hydrogen (secondary N) is 1. The zero-order valence-electron chi connectivity index (χ0n) is 14.7. The van der Waals surface area contributed by atoms with Crippen LogP contribution in [-0.4, -0.2) is 25.5 Å². The first-order valence-corrected chi connectivity index (χ1v) is 8.19. The number of anilines is 1. The molecule has 0 unspecified atom stereocenters. The molecule has 0 aliphatic heterocycles. The average molecular weight is 404 g/mol. The lowest BCUT2D eigenvalue weighted by molar-refractivity contribution is -0.120. The molecule has 0 fully saturated rings. The number of methoxy groups -OCH3 is 1. The van der Waals surface area contributed by atoms with Gasteiger partial charge in [0, 0.05) is 5.69 Å². The monoisotopic (exact) mass is 403 g/mol. The van der Waals surface area contributed by atoms with Gasteiger partial charge in [-0.15, -0.1) is 0 Å². The van der Waals surface area contributed by atoms with Crippen LogP contribution in [0.2, 0.25) is 5.02 Å². The van der Waals surface area contributed by atoms with E-state index in [0.29, 0.717) is 11.3 Å². The SMILES string of the molecule is COc1cc(/C=C(\C#N)C(=O)Nc2ccc(F)cc2)cc(Cl)c1OCC(N)=O. The van der Waals surface area contributed by atoms with E-state index in [1.165, 1.54) is 49.6 Å². The number of rotatable bonds is 7. The van der Waals surface area contributed by atoms with Gasteiger partial charge in [0.15, 0.2) is 18.1 Å². The van der Waals surface area contributed by atoms with Gasteiger partial charge in [-0.25, -0.2) is 4.39 Å². The van der Waals surface area contributed by atoms with Crippen molar-refractivity contribution in [2.75, 3.05) is 19.0 Å². The van der Waals surface area contributed by atoms with Crippen LogP contribution in [-0.2, 0) is 9.59 Å². The van der Waals surface area contributed by atoms with Crippen LogP contribution in [0, 0.1) is 17.1 Å². The Morgan fingerprint density at radius 3 is 2.57 bits per heavy atom. The van der Waals surface area contributed by atoms with Gasteiger partial charge in [-0.2, -0.15) is 5.26 Å². The maximum absolute atomic E-state index is 12.9. The van der Waals surface area contributed by atoms with Gasteiger partial charge < -0.3 is 20.5 Å². The lowest BCUT2D eigenvalue weighted by Gasteiger charge is -2.12. The summed E-state index contributed by atoms with van der Waals surface area (Å²) >= 11 is 6.14. The van der Waals surface area contributed by atoms with Crippen LogP contribution in [0.15, 0.2) is 42.0 Å². The number of ether oxygens (including phenoxy) is 2. The molecule has 2 aromatic rings. The van der Waals surface area contributed by atoms with Crippen molar-refractivity contribution in [3.8, 4) is 17.6 Å². The van der Waals surface area contributed by atoms with Crippen molar-refractivity contribution in [3.05, 3.63) is 58.4 Å². The summed E-state index contributed by atoms with van der Waals surface area (Å²) in [6, 6.07) is 9.80. The summed E-state index contributed by atoms with van der Waals surface area (Å²) in [5.41, 5.74) is 5.55. The van der Waals surface area contributed by atoms with Crippen LogP contribution < -0.4 is 20.5 Å². The number of halogens is 2. The summed E-state index contributed by atoms with van der Waals surface area (Å²) in [4.78, 5) is 23.2. The van der Waals surface area contributed by atoms with Crippen molar-refractivity contribution in [2.24, 2.45) is 5.73 Å². The molecule has 0 atom stereocenters. The number of benzene rings is 2. The average Bonchev–Trinajstić information content (AvgIpc) is 2.66. The fourth-order valence-electron chi connectivity index (χ4n) is 2.15. The molecule has 0 radical (unpaired) electrons. The first kappa shape index (κ1) is 20.7. The van der Waals surface area contributed by atoms with Crippen LogP contribution >= 0.6 is 11.6 Å². The highest BCUT2D eigenvalue weighted by Gasteiger charge is 2.15. The van der Waals surface area contributed by atoms with Gasteiger partial charge >= 0.3 is 0 Å². The van der Waals surface area contributed by atoms with Gasteiger partial charge in [0.2, 0.25) is 0 Å². The molecule has 0 bridgehead atoms. The van der Waals surface area contributed by atoms with Crippen molar-refractivity contribution in [1.82, 2.24) is 0 Å². The molecular weight excluding hydrogens is 389 g/mol. The number of hydrogen-bond acceptors (Lipinski definition) is 5. The number of nitrogens with two attached hydrogens (primary N) is 1. The predicted octanol–water partition coefficient (Wildman–Crippen LogP) is 2.90. The molecule has 2 aromatic carbocycles. The zero-order valence-corrected chi connectivity index (χ0v) is 15.4. The van der Waals surface area contributed by atoms with E-state index < -0.39 is 24.2 Å². The Bertz CT molecular complexity index is 968. The molecule has 7 nitrogen and oxygen atoms in total. The van der Waals surface area contributed by atoms with E-state index >= 15 is 0 Å². The largest absolute Gasteiger partial charge is 0.493 e. The Labute approximate surface area is 165 Å². The summed E-state index contributed by atoms with van der Waals surface area (Å²) < 4.78 is 23.3. The molecule has 28 heavy (non-hydrogen) atoms. The second kappa shape index (κ2) is 9.39. The number of nitrogens with zero attached hydrogens (tertiary/aromatic N) is 1. The second-order valence-corrected chi connectivity index (χ2v) is 5.83. The number of primary amides is 1. The van der Waals surface area contributed by atoms with E-state index in [1.807, 2.05) is 0 Å². The Kier molecular flexibility index (Phi) is 6.96. The lowest BCUT2D eigenvalue weighted by atomic mass is 10.1. The van der Waals surface area contributed by atoms with E-state index in [0.717, 1.165) is 0 Å². The number of carbonyl (C=O) groups excluding carboxylic acids is 2. The minimum Gasteiger partial charge on any atom is -0.493 e. The molecule has 2 amide bonds. The minimum absolute atomic E-state index is 0.100. The summed E-state index contributed by atoms with van der Waals surface area (Å²) in [5, 5.41) is 11.9. The van der Waals surface area contributed by atoms with E-state index in [4.69, 9.17) is 26.8 Å². The van der Waals surface area contributed by atoms with Crippen molar-refractivity contribution in [2.45, 2.75) is 0 Å². The standard InChI is InChI=1S/C19H15ClFN3O4/c1-27-16-8-11(7-15(20)18(16)28-10-17(23)25)6-12(9-22)19(26)24-14-4-2-13(21)3-5-14/h2-8H,10H2,1H3,(H2,23,25)(H,24,26)/b12-6+. The second-order valence-electron chi connectivity index (χ2n) is 5.42. The first-order valence-electron chi connectivity index (χ1n) is 7.81. The summed E-state index contributed by atoms with van der Waals surface area (Å²) in [5.74, 6) is -1.52. The summed E-state index contributed by atoms with van der Waals surface area (Å²) in [7, 11) is 1.36. The fraction of sp³-hybridized carbons (Fsp3) is 0.105. The maximum Gasteiger partial charge on any atom is 0.266 e. The third kappa shape index (κ3) is 5.46. The normalized spacial score (nSPS) is 10.7. The van der Waals surface area contributed by atoms with Crippen molar-refractivity contribution >= 4 is 35.2 Å². The number of amides is 2.